The summed E-state index contributed by atoms with van der Waals surface area (Å²) in [6.45, 7) is 7.63. The molecule has 30 heavy (non-hydrogen) atoms. The monoisotopic (exact) mass is 427 g/mol. The molecule has 158 valence electrons. The quantitative estimate of drug-likeness (QED) is 0.603. The number of aryl methyl sites for hydroxylation is 1. The summed E-state index contributed by atoms with van der Waals surface area (Å²) in [5, 5.41) is 3.94. The zero-order valence-corrected chi connectivity index (χ0v) is 18.1. The lowest BCUT2D eigenvalue weighted by Gasteiger charge is -2.37. The number of thiophene rings is 1. The number of amides is 1. The van der Waals surface area contributed by atoms with Gasteiger partial charge in [0.05, 0.1) is 16.0 Å². The number of fused-ring (bicyclic) bond motifs is 1. The minimum absolute atomic E-state index is 0.0423. The number of hydrogen-bond donors (Lipinski definition) is 1. The summed E-state index contributed by atoms with van der Waals surface area (Å²) >= 11 is 1.42. The summed E-state index contributed by atoms with van der Waals surface area (Å²) in [7, 11) is 0. The van der Waals surface area contributed by atoms with Gasteiger partial charge in [-0.2, -0.15) is 0 Å². The van der Waals surface area contributed by atoms with Crippen LogP contribution in [-0.2, 0) is 0 Å². The van der Waals surface area contributed by atoms with Crippen LogP contribution in [0.5, 0.6) is 0 Å². The fourth-order valence-electron chi connectivity index (χ4n) is 3.84. The molecule has 1 amide bonds. The molecule has 0 radical (unpaired) electrons. The van der Waals surface area contributed by atoms with Crippen LogP contribution in [0, 0.1) is 12.7 Å². The van der Waals surface area contributed by atoms with Crippen LogP contribution in [0.25, 0.3) is 10.2 Å². The number of para-hydroxylation sites is 1. The molecule has 4 rings (SSSR count). The van der Waals surface area contributed by atoms with Crippen LogP contribution >= 0.6 is 11.3 Å². The lowest BCUT2D eigenvalue weighted by atomic mass is 10.1. The Kier molecular flexibility index (Phi) is 6.13. The predicted octanol–water partition coefficient (Wildman–Crippen LogP) is 4.00. The summed E-state index contributed by atoms with van der Waals surface area (Å²) in [5.74, 6) is 0.622. The fourth-order valence-corrected chi connectivity index (χ4v) is 4.90. The SMILES string of the molecule is CCCCNC(=O)c1sc2ncnc(N3CCN(c4ccccc4F)CC3)c2c1C. The third-order valence-corrected chi connectivity index (χ3v) is 6.70. The smallest absolute Gasteiger partial charge is 0.261 e. The number of unbranched alkanes of at least 4 members (excludes halogenated alkanes) is 1. The van der Waals surface area contributed by atoms with E-state index >= 15 is 0 Å². The Hall–Kier alpha value is -2.74. The van der Waals surface area contributed by atoms with E-state index in [1.165, 1.54) is 17.4 Å². The highest BCUT2D eigenvalue weighted by molar-refractivity contribution is 7.20. The molecule has 1 aromatic carbocycles. The van der Waals surface area contributed by atoms with Crippen molar-refractivity contribution in [2.45, 2.75) is 26.7 Å². The number of rotatable bonds is 6. The second kappa shape index (κ2) is 8.95. The van der Waals surface area contributed by atoms with Gasteiger partial charge in [-0.3, -0.25) is 4.79 Å². The van der Waals surface area contributed by atoms with Crippen LogP contribution in [0.1, 0.15) is 35.0 Å². The van der Waals surface area contributed by atoms with Gasteiger partial charge in [0.25, 0.3) is 5.91 Å². The predicted molar refractivity (Wildman–Crippen MR) is 120 cm³/mol. The third-order valence-electron chi connectivity index (χ3n) is 5.50. The van der Waals surface area contributed by atoms with Gasteiger partial charge in [0.2, 0.25) is 0 Å². The van der Waals surface area contributed by atoms with E-state index in [-0.39, 0.29) is 11.7 Å². The molecule has 8 heteroatoms. The minimum Gasteiger partial charge on any atom is -0.366 e. The van der Waals surface area contributed by atoms with Crippen LogP contribution in [0.15, 0.2) is 30.6 Å². The Labute approximate surface area is 179 Å². The topological polar surface area (TPSA) is 61.4 Å². The molecule has 1 N–H and O–H groups in total. The lowest BCUT2D eigenvalue weighted by Crippen LogP contribution is -2.47. The highest BCUT2D eigenvalue weighted by atomic mass is 32.1. The van der Waals surface area contributed by atoms with Crippen molar-refractivity contribution in [1.82, 2.24) is 15.3 Å². The Balaban J connectivity index is 1.55. The summed E-state index contributed by atoms with van der Waals surface area (Å²) in [6.07, 6.45) is 3.57. The zero-order chi connectivity index (χ0) is 21.1. The van der Waals surface area contributed by atoms with Gasteiger partial charge >= 0.3 is 0 Å². The molecule has 0 aliphatic carbocycles. The number of aromatic nitrogens is 2. The molecular formula is C22H26FN5OS. The van der Waals surface area contributed by atoms with Crippen molar-refractivity contribution in [2.75, 3.05) is 42.5 Å². The Morgan fingerprint density at radius 3 is 2.63 bits per heavy atom. The molecule has 1 aliphatic rings. The number of carbonyl (C=O) groups is 1. The van der Waals surface area contributed by atoms with E-state index in [9.17, 15) is 9.18 Å². The van der Waals surface area contributed by atoms with Gasteiger partial charge in [-0.1, -0.05) is 25.5 Å². The maximum absolute atomic E-state index is 14.1. The molecule has 1 aliphatic heterocycles. The fraction of sp³-hybridized carbons (Fsp3) is 0.409. The van der Waals surface area contributed by atoms with Crippen molar-refractivity contribution in [1.29, 1.82) is 0 Å². The number of carbonyl (C=O) groups excluding carboxylic acids is 1. The first-order chi connectivity index (χ1) is 14.6. The molecule has 0 atom stereocenters. The van der Waals surface area contributed by atoms with E-state index in [4.69, 9.17) is 0 Å². The molecule has 1 fully saturated rings. The van der Waals surface area contributed by atoms with Crippen molar-refractivity contribution in [3.63, 3.8) is 0 Å². The average Bonchev–Trinajstić information content (AvgIpc) is 3.11. The van der Waals surface area contributed by atoms with Crippen LogP contribution < -0.4 is 15.1 Å². The minimum atomic E-state index is -0.192. The molecule has 3 aromatic rings. The average molecular weight is 428 g/mol. The summed E-state index contributed by atoms with van der Waals surface area (Å²) in [4.78, 5) is 27.4. The van der Waals surface area contributed by atoms with Crippen LogP contribution in [0.3, 0.4) is 0 Å². The second-order valence-electron chi connectivity index (χ2n) is 7.47. The molecule has 0 spiro atoms. The maximum atomic E-state index is 14.1. The first-order valence-electron chi connectivity index (χ1n) is 10.4. The van der Waals surface area contributed by atoms with E-state index in [0.29, 0.717) is 30.2 Å². The maximum Gasteiger partial charge on any atom is 0.261 e. The van der Waals surface area contributed by atoms with E-state index in [1.54, 1.807) is 12.4 Å². The molecular weight excluding hydrogens is 401 g/mol. The molecule has 1 saturated heterocycles. The van der Waals surface area contributed by atoms with Gasteiger partial charge in [-0.25, -0.2) is 14.4 Å². The normalized spacial score (nSPS) is 14.4. The van der Waals surface area contributed by atoms with Crippen molar-refractivity contribution < 1.29 is 9.18 Å². The van der Waals surface area contributed by atoms with Gasteiger partial charge < -0.3 is 15.1 Å². The number of piperazine rings is 1. The molecule has 6 nitrogen and oxygen atoms in total. The largest absolute Gasteiger partial charge is 0.366 e. The van der Waals surface area contributed by atoms with Crippen LogP contribution in [0.4, 0.5) is 15.9 Å². The second-order valence-corrected chi connectivity index (χ2v) is 8.47. The summed E-state index contributed by atoms with van der Waals surface area (Å²) in [6, 6.07) is 6.89. The highest BCUT2D eigenvalue weighted by Crippen LogP contribution is 2.35. The Morgan fingerprint density at radius 1 is 1.17 bits per heavy atom. The van der Waals surface area contributed by atoms with Crippen molar-refractivity contribution in [3.8, 4) is 0 Å². The molecule has 3 heterocycles. The molecule has 0 saturated carbocycles. The number of nitrogens with zero attached hydrogens (tertiary/aromatic N) is 4. The van der Waals surface area contributed by atoms with E-state index in [1.807, 2.05) is 19.1 Å². The number of halogens is 1. The number of nitrogens with one attached hydrogen (secondary N) is 1. The van der Waals surface area contributed by atoms with Gasteiger partial charge in [-0.05, 0) is 31.0 Å². The number of benzene rings is 1. The molecule has 0 bridgehead atoms. The van der Waals surface area contributed by atoms with Gasteiger partial charge in [0.1, 0.15) is 22.8 Å². The highest BCUT2D eigenvalue weighted by Gasteiger charge is 2.25. The van der Waals surface area contributed by atoms with Gasteiger partial charge in [0.15, 0.2) is 0 Å². The standard InChI is InChI=1S/C22H26FN5OS/c1-3-4-9-24-21(29)19-15(2)18-20(25-14-26-22(18)30-19)28-12-10-27(11-13-28)17-8-6-5-7-16(17)23/h5-8,14H,3-4,9-13H2,1-2H3,(H,24,29). The number of anilines is 2. The van der Waals surface area contributed by atoms with Gasteiger partial charge in [-0.15, -0.1) is 11.3 Å². The van der Waals surface area contributed by atoms with E-state index < -0.39 is 0 Å². The van der Waals surface area contributed by atoms with Crippen LogP contribution in [-0.4, -0.2) is 48.6 Å². The summed E-state index contributed by atoms with van der Waals surface area (Å²) < 4.78 is 14.1. The first kappa shape index (κ1) is 20.5. The van der Waals surface area contributed by atoms with Crippen molar-refractivity contribution in [2.24, 2.45) is 0 Å². The van der Waals surface area contributed by atoms with Crippen molar-refractivity contribution in [3.05, 3.63) is 46.9 Å². The molecule has 0 unspecified atom stereocenters. The van der Waals surface area contributed by atoms with Gasteiger partial charge in [0, 0.05) is 32.7 Å². The Morgan fingerprint density at radius 2 is 1.90 bits per heavy atom. The number of hydrogen-bond acceptors (Lipinski definition) is 6. The van der Waals surface area contributed by atoms with E-state index in [2.05, 4.69) is 32.0 Å². The first-order valence-corrected chi connectivity index (χ1v) is 11.2. The zero-order valence-electron chi connectivity index (χ0n) is 17.3. The Bertz CT molecular complexity index is 1050. The molecule has 2 aromatic heterocycles. The van der Waals surface area contributed by atoms with Crippen molar-refractivity contribution >= 4 is 39.0 Å². The lowest BCUT2D eigenvalue weighted by molar-refractivity contribution is 0.0956. The summed E-state index contributed by atoms with van der Waals surface area (Å²) in [5.41, 5.74) is 1.57. The van der Waals surface area contributed by atoms with E-state index in [0.717, 1.165) is 47.5 Å². The van der Waals surface area contributed by atoms with Crippen LogP contribution in [0.2, 0.25) is 0 Å². The third kappa shape index (κ3) is 3.96.